The van der Waals surface area contributed by atoms with E-state index in [-0.39, 0.29) is 35.7 Å². The Morgan fingerprint density at radius 1 is 1.15 bits per heavy atom. The molecule has 3 aromatic heterocycles. The topological polar surface area (TPSA) is 69.6 Å². The van der Waals surface area contributed by atoms with E-state index in [0.29, 0.717) is 36.6 Å². The molecule has 2 atom stereocenters. The monoisotopic (exact) mass is 558 g/mol. The zero-order chi connectivity index (χ0) is 28.2. The van der Waals surface area contributed by atoms with E-state index in [1.165, 1.54) is 18.3 Å². The highest BCUT2D eigenvalue weighted by Gasteiger charge is 2.36. The first-order chi connectivity index (χ1) is 19.1. The number of benzene rings is 1. The Labute approximate surface area is 227 Å². The first-order valence-electron chi connectivity index (χ1n) is 13.4. The molecule has 0 radical (unpaired) electrons. The van der Waals surface area contributed by atoms with Crippen molar-refractivity contribution in [2.75, 3.05) is 19.7 Å². The standard InChI is InChI=1S/C28H30F4N6O2/c1-17-12-36(6-7-40-17)13-18-8-23(28(30,31)32)24-15-37(27(39)38(24)14-18)22-10-20(9-21(29)11-22)25(19-4-3-5-19)26-34-33-16-35(26)2/h8-11,14-17,19,25H,3-7,12-13H2,1-2H3/t17-,25?/m1/s1. The number of fused-ring (bicyclic) bond motifs is 1. The van der Waals surface area contributed by atoms with Crippen LogP contribution in [0.1, 0.15) is 54.6 Å². The number of halogens is 4. The molecule has 4 heterocycles. The van der Waals surface area contributed by atoms with Crippen molar-refractivity contribution in [2.45, 2.75) is 50.9 Å². The number of nitrogens with zero attached hydrogens (tertiary/aromatic N) is 6. The highest BCUT2D eigenvalue weighted by Crippen LogP contribution is 2.43. The summed E-state index contributed by atoms with van der Waals surface area (Å²) in [6, 6.07) is 5.34. The minimum atomic E-state index is -4.69. The van der Waals surface area contributed by atoms with Crippen molar-refractivity contribution < 1.29 is 22.3 Å². The SMILES string of the molecule is C[C@@H]1CN(Cc2cc(C(F)(F)F)c3cn(-c4cc(F)cc(C(c5nncn5C)C5CCC5)c4)c(=O)n3c2)CCO1. The molecule has 4 aromatic rings. The van der Waals surface area contributed by atoms with Crippen molar-refractivity contribution in [1.29, 1.82) is 0 Å². The largest absolute Gasteiger partial charge is 0.418 e. The van der Waals surface area contributed by atoms with Crippen LogP contribution in [0.4, 0.5) is 17.6 Å². The van der Waals surface area contributed by atoms with Gasteiger partial charge in [-0.05, 0) is 61.1 Å². The molecule has 2 fully saturated rings. The number of alkyl halides is 3. The third-order valence-corrected chi connectivity index (χ3v) is 8.05. The molecule has 2 aliphatic rings. The van der Waals surface area contributed by atoms with E-state index < -0.39 is 23.2 Å². The summed E-state index contributed by atoms with van der Waals surface area (Å²) in [5.74, 6) is 0.0674. The van der Waals surface area contributed by atoms with Gasteiger partial charge in [0.05, 0.1) is 29.5 Å². The molecule has 6 rings (SSSR count). The molecular weight excluding hydrogens is 528 g/mol. The van der Waals surface area contributed by atoms with Gasteiger partial charge in [0.1, 0.15) is 18.0 Å². The summed E-state index contributed by atoms with van der Waals surface area (Å²) < 4.78 is 67.1. The van der Waals surface area contributed by atoms with E-state index in [9.17, 15) is 18.0 Å². The van der Waals surface area contributed by atoms with Gasteiger partial charge >= 0.3 is 11.9 Å². The van der Waals surface area contributed by atoms with Gasteiger partial charge in [-0.3, -0.25) is 13.9 Å². The summed E-state index contributed by atoms with van der Waals surface area (Å²) in [7, 11) is 1.82. The lowest BCUT2D eigenvalue weighted by Gasteiger charge is -2.33. The third kappa shape index (κ3) is 4.94. The molecule has 12 heteroatoms. The average Bonchev–Trinajstić information content (AvgIpc) is 3.42. The Bertz CT molecular complexity index is 1600. The summed E-state index contributed by atoms with van der Waals surface area (Å²) in [5, 5.41) is 8.25. The number of ether oxygens (including phenoxy) is 1. The van der Waals surface area contributed by atoms with Crippen LogP contribution in [0.5, 0.6) is 0 Å². The molecule has 8 nitrogen and oxygen atoms in total. The maximum absolute atomic E-state index is 15.1. The smallest absolute Gasteiger partial charge is 0.376 e. The fraction of sp³-hybridized carbons (Fsp3) is 0.464. The van der Waals surface area contributed by atoms with Gasteiger partial charge in [-0.1, -0.05) is 6.42 Å². The lowest BCUT2D eigenvalue weighted by atomic mass is 9.72. The van der Waals surface area contributed by atoms with Crippen LogP contribution in [0.2, 0.25) is 0 Å². The molecule has 40 heavy (non-hydrogen) atoms. The predicted octanol–water partition coefficient (Wildman–Crippen LogP) is 4.53. The van der Waals surface area contributed by atoms with Crippen LogP contribution < -0.4 is 5.69 Å². The van der Waals surface area contributed by atoms with E-state index in [4.69, 9.17) is 4.74 Å². The van der Waals surface area contributed by atoms with Gasteiger partial charge < -0.3 is 9.30 Å². The Balaban J connectivity index is 1.45. The number of hydrogen-bond donors (Lipinski definition) is 0. The van der Waals surface area contributed by atoms with Crippen LogP contribution in [0.25, 0.3) is 11.2 Å². The first-order valence-corrected chi connectivity index (χ1v) is 13.4. The summed E-state index contributed by atoms with van der Waals surface area (Å²) in [4.78, 5) is 15.6. The number of pyridine rings is 1. The van der Waals surface area contributed by atoms with Crippen LogP contribution in [0.3, 0.4) is 0 Å². The third-order valence-electron chi connectivity index (χ3n) is 8.05. The number of rotatable bonds is 6. The van der Waals surface area contributed by atoms with Gasteiger partial charge in [-0.2, -0.15) is 13.2 Å². The number of aromatic nitrogens is 5. The second kappa shape index (κ2) is 10.2. The maximum Gasteiger partial charge on any atom is 0.418 e. The number of morpholine rings is 1. The normalized spacial score (nSPS) is 19.7. The van der Waals surface area contributed by atoms with Crippen molar-refractivity contribution in [1.82, 2.24) is 28.6 Å². The molecule has 0 amide bonds. The summed E-state index contributed by atoms with van der Waals surface area (Å²) in [6.45, 7) is 3.81. The molecule has 1 aromatic carbocycles. The summed E-state index contributed by atoms with van der Waals surface area (Å²) in [6.07, 6.45) is 2.39. The van der Waals surface area contributed by atoms with Crippen molar-refractivity contribution >= 4 is 5.52 Å². The molecule has 0 N–H and O–H groups in total. The number of imidazole rings is 1. The van der Waals surface area contributed by atoms with Crippen LogP contribution in [0.15, 0.2) is 47.8 Å². The Morgan fingerprint density at radius 3 is 2.60 bits per heavy atom. The highest BCUT2D eigenvalue weighted by molar-refractivity contribution is 5.58. The molecule has 1 aliphatic carbocycles. The molecule has 1 saturated heterocycles. The van der Waals surface area contributed by atoms with Crippen molar-refractivity contribution in [2.24, 2.45) is 13.0 Å². The zero-order valence-corrected chi connectivity index (χ0v) is 22.2. The van der Waals surface area contributed by atoms with Gasteiger partial charge in [0.15, 0.2) is 0 Å². The van der Waals surface area contributed by atoms with E-state index in [1.807, 2.05) is 18.9 Å². The lowest BCUT2D eigenvalue weighted by molar-refractivity contribution is -0.136. The van der Waals surface area contributed by atoms with Crippen LogP contribution in [-0.2, 0) is 24.5 Å². The second-order valence-electron chi connectivity index (χ2n) is 10.9. The first kappa shape index (κ1) is 26.7. The number of aryl methyl sites for hydroxylation is 1. The van der Waals surface area contributed by atoms with E-state index in [1.54, 1.807) is 17.0 Å². The van der Waals surface area contributed by atoms with E-state index in [2.05, 4.69) is 10.2 Å². The average molecular weight is 559 g/mol. The zero-order valence-electron chi connectivity index (χ0n) is 22.2. The predicted molar refractivity (Wildman–Crippen MR) is 139 cm³/mol. The lowest BCUT2D eigenvalue weighted by Crippen LogP contribution is -2.40. The molecule has 1 aliphatic heterocycles. The molecule has 212 valence electrons. The Kier molecular flexibility index (Phi) is 6.78. The van der Waals surface area contributed by atoms with Gasteiger partial charge in [0, 0.05) is 45.0 Å². The van der Waals surface area contributed by atoms with Gasteiger partial charge in [0.25, 0.3) is 0 Å². The second-order valence-corrected chi connectivity index (χ2v) is 10.9. The van der Waals surface area contributed by atoms with E-state index in [0.717, 1.165) is 40.5 Å². The Hall–Kier alpha value is -3.51. The van der Waals surface area contributed by atoms with Gasteiger partial charge in [-0.25, -0.2) is 9.18 Å². The van der Waals surface area contributed by atoms with Gasteiger partial charge in [-0.15, -0.1) is 10.2 Å². The van der Waals surface area contributed by atoms with Crippen LogP contribution in [0, 0.1) is 11.7 Å². The van der Waals surface area contributed by atoms with Crippen LogP contribution >= 0.6 is 0 Å². The summed E-state index contributed by atoms with van der Waals surface area (Å²) in [5.41, 5.74) is -0.770. The highest BCUT2D eigenvalue weighted by atomic mass is 19.4. The minimum absolute atomic E-state index is 0.0316. The minimum Gasteiger partial charge on any atom is -0.376 e. The molecule has 1 saturated carbocycles. The maximum atomic E-state index is 15.1. The van der Waals surface area contributed by atoms with Crippen molar-refractivity contribution in [3.8, 4) is 5.69 Å². The molecule has 0 spiro atoms. The fourth-order valence-corrected chi connectivity index (χ4v) is 5.93. The Morgan fingerprint density at radius 2 is 1.95 bits per heavy atom. The molecule has 1 unspecified atom stereocenters. The van der Waals surface area contributed by atoms with Gasteiger partial charge in [0.2, 0.25) is 0 Å². The number of hydrogen-bond acceptors (Lipinski definition) is 5. The van der Waals surface area contributed by atoms with Crippen molar-refractivity contribution in [3.05, 3.63) is 81.8 Å². The molecular formula is C28H30F4N6O2. The molecule has 0 bridgehead atoms. The quantitative estimate of drug-likeness (QED) is 0.326. The van der Waals surface area contributed by atoms with E-state index >= 15 is 4.39 Å². The summed E-state index contributed by atoms with van der Waals surface area (Å²) >= 11 is 0. The fourth-order valence-electron chi connectivity index (χ4n) is 5.93. The van der Waals surface area contributed by atoms with Crippen LogP contribution in [-0.4, -0.2) is 54.4 Å². The van der Waals surface area contributed by atoms with Crippen molar-refractivity contribution in [3.63, 3.8) is 0 Å².